The second-order valence-electron chi connectivity index (χ2n) is 6.94. The number of hydrazone groups is 1. The first-order valence-electron chi connectivity index (χ1n) is 10.1. The van der Waals surface area contributed by atoms with Gasteiger partial charge in [0.1, 0.15) is 29.1 Å². The zero-order valence-electron chi connectivity index (χ0n) is 17.5. The topological polar surface area (TPSA) is 73.5 Å². The molecule has 31 heavy (non-hydrogen) atoms. The zero-order chi connectivity index (χ0) is 21.6. The number of furan rings is 1. The Morgan fingerprint density at radius 1 is 1.03 bits per heavy atom. The summed E-state index contributed by atoms with van der Waals surface area (Å²) in [6.07, 6.45) is 2.15. The molecule has 2 heterocycles. The van der Waals surface area contributed by atoms with E-state index in [1.165, 1.54) is 5.01 Å². The van der Waals surface area contributed by atoms with Gasteiger partial charge in [-0.25, -0.2) is 5.01 Å². The van der Waals surface area contributed by atoms with E-state index in [1.54, 1.807) is 31.6 Å². The molecule has 2 aromatic carbocycles. The molecule has 1 amide bonds. The molecule has 0 saturated heterocycles. The van der Waals surface area contributed by atoms with Gasteiger partial charge in [-0.3, -0.25) is 4.79 Å². The van der Waals surface area contributed by atoms with Gasteiger partial charge in [-0.2, -0.15) is 5.10 Å². The lowest BCUT2D eigenvalue weighted by Crippen LogP contribution is -2.31. The van der Waals surface area contributed by atoms with Crippen molar-refractivity contribution in [1.82, 2.24) is 5.01 Å². The van der Waals surface area contributed by atoms with E-state index in [-0.39, 0.29) is 18.6 Å². The number of hydrogen-bond acceptors (Lipinski definition) is 6. The van der Waals surface area contributed by atoms with Gasteiger partial charge >= 0.3 is 0 Å². The van der Waals surface area contributed by atoms with E-state index in [1.807, 2.05) is 49.4 Å². The Hall–Kier alpha value is -3.74. The van der Waals surface area contributed by atoms with Gasteiger partial charge in [0.05, 0.1) is 25.7 Å². The Bertz CT molecular complexity index is 1030. The van der Waals surface area contributed by atoms with Crippen LogP contribution in [-0.2, 0) is 4.79 Å². The molecule has 1 aliphatic rings. The predicted octanol–water partition coefficient (Wildman–Crippen LogP) is 4.44. The molecule has 0 fully saturated rings. The Kier molecular flexibility index (Phi) is 6.21. The molecule has 0 N–H and O–H groups in total. The monoisotopic (exact) mass is 420 g/mol. The first-order valence-corrected chi connectivity index (χ1v) is 10.1. The van der Waals surface area contributed by atoms with Crippen LogP contribution in [0.2, 0.25) is 0 Å². The van der Waals surface area contributed by atoms with E-state index in [2.05, 4.69) is 5.10 Å². The summed E-state index contributed by atoms with van der Waals surface area (Å²) in [7, 11) is 1.62. The zero-order valence-corrected chi connectivity index (χ0v) is 17.5. The van der Waals surface area contributed by atoms with Gasteiger partial charge in [0.2, 0.25) is 0 Å². The highest BCUT2D eigenvalue weighted by Crippen LogP contribution is 2.33. The predicted molar refractivity (Wildman–Crippen MR) is 116 cm³/mol. The summed E-state index contributed by atoms with van der Waals surface area (Å²) in [5, 5.41) is 6.05. The van der Waals surface area contributed by atoms with Gasteiger partial charge in [0, 0.05) is 6.42 Å². The number of carbonyl (C=O) groups is 1. The Balaban J connectivity index is 1.49. The molecular weight excluding hydrogens is 396 g/mol. The fraction of sp³-hybridized carbons (Fsp3) is 0.250. The first-order chi connectivity index (χ1) is 15.2. The Labute approximate surface area is 180 Å². The van der Waals surface area contributed by atoms with E-state index in [0.29, 0.717) is 24.5 Å². The van der Waals surface area contributed by atoms with Gasteiger partial charge in [-0.15, -0.1) is 0 Å². The lowest BCUT2D eigenvalue weighted by molar-refractivity contribution is -0.135. The van der Waals surface area contributed by atoms with E-state index in [9.17, 15) is 4.79 Å². The lowest BCUT2D eigenvalue weighted by Gasteiger charge is -2.20. The smallest absolute Gasteiger partial charge is 0.281 e. The van der Waals surface area contributed by atoms with Crippen molar-refractivity contribution in [3.05, 3.63) is 78.3 Å². The third kappa shape index (κ3) is 4.71. The molecule has 0 unspecified atom stereocenters. The highest BCUT2D eigenvalue weighted by Gasteiger charge is 2.35. The number of carbonyl (C=O) groups excluding carboxylic acids is 1. The van der Waals surface area contributed by atoms with Crippen molar-refractivity contribution in [2.45, 2.75) is 19.4 Å². The minimum Gasteiger partial charge on any atom is -0.497 e. The third-order valence-corrected chi connectivity index (χ3v) is 4.96. The van der Waals surface area contributed by atoms with E-state index in [0.717, 1.165) is 22.8 Å². The van der Waals surface area contributed by atoms with Crippen LogP contribution < -0.4 is 14.2 Å². The molecule has 0 spiro atoms. The van der Waals surface area contributed by atoms with E-state index >= 15 is 0 Å². The maximum absolute atomic E-state index is 13.0. The normalized spacial score (nSPS) is 15.5. The molecule has 7 heteroatoms. The number of nitrogens with zero attached hydrogens (tertiary/aromatic N) is 2. The van der Waals surface area contributed by atoms with Gasteiger partial charge in [0.25, 0.3) is 5.91 Å². The van der Waals surface area contributed by atoms with Gasteiger partial charge in [0.15, 0.2) is 6.61 Å². The van der Waals surface area contributed by atoms with Crippen LogP contribution in [-0.4, -0.2) is 37.0 Å². The third-order valence-electron chi connectivity index (χ3n) is 4.96. The molecule has 0 bridgehead atoms. The van der Waals surface area contributed by atoms with Gasteiger partial charge in [-0.05, 0) is 73.2 Å². The van der Waals surface area contributed by atoms with Gasteiger partial charge in [-0.1, -0.05) is 0 Å². The average molecular weight is 420 g/mol. The largest absolute Gasteiger partial charge is 0.497 e. The fourth-order valence-electron chi connectivity index (χ4n) is 3.41. The van der Waals surface area contributed by atoms with Crippen molar-refractivity contribution in [1.29, 1.82) is 0 Å². The first kappa shape index (κ1) is 20.5. The van der Waals surface area contributed by atoms with Gasteiger partial charge < -0.3 is 18.6 Å². The maximum atomic E-state index is 13.0. The molecule has 1 aliphatic heterocycles. The number of methoxy groups -OCH3 is 1. The second kappa shape index (κ2) is 9.38. The Morgan fingerprint density at radius 3 is 2.32 bits per heavy atom. The molecular formula is C24H24N2O5. The molecule has 0 saturated carbocycles. The van der Waals surface area contributed by atoms with Crippen LogP contribution in [0.25, 0.3) is 0 Å². The number of benzene rings is 2. The molecule has 1 aromatic heterocycles. The fourth-order valence-corrected chi connectivity index (χ4v) is 3.41. The van der Waals surface area contributed by atoms with E-state index < -0.39 is 0 Å². The van der Waals surface area contributed by atoms with Crippen LogP contribution >= 0.6 is 0 Å². The quantitative estimate of drug-likeness (QED) is 0.539. The summed E-state index contributed by atoms with van der Waals surface area (Å²) in [5.41, 5.74) is 1.73. The van der Waals surface area contributed by atoms with Crippen molar-refractivity contribution >= 4 is 11.6 Å². The van der Waals surface area contributed by atoms with Crippen molar-refractivity contribution in [2.24, 2.45) is 5.10 Å². The minimum atomic E-state index is -0.316. The standard InChI is InChI=1S/C24H24N2O5/c1-3-29-19-10-12-20(13-11-19)31-16-24(27)26-22(23-5-4-14-30-23)15-21(25-26)17-6-8-18(28-2)9-7-17/h4-14,22H,3,15-16H2,1-2H3/t22-/m1/s1. The number of ether oxygens (including phenoxy) is 3. The van der Waals surface area contributed by atoms with Crippen LogP contribution in [0.1, 0.15) is 30.7 Å². The summed E-state index contributed by atoms with van der Waals surface area (Å²) in [6, 6.07) is 18.1. The van der Waals surface area contributed by atoms with Crippen molar-refractivity contribution in [2.75, 3.05) is 20.3 Å². The van der Waals surface area contributed by atoms with Crippen LogP contribution in [0, 0.1) is 0 Å². The summed E-state index contributed by atoms with van der Waals surface area (Å²) in [4.78, 5) is 13.0. The summed E-state index contributed by atoms with van der Waals surface area (Å²) >= 11 is 0. The minimum absolute atomic E-state index is 0.134. The molecule has 3 aromatic rings. The molecule has 160 valence electrons. The van der Waals surface area contributed by atoms with Crippen LogP contribution in [0.3, 0.4) is 0 Å². The number of rotatable bonds is 8. The molecule has 0 radical (unpaired) electrons. The molecule has 1 atom stereocenters. The van der Waals surface area contributed by atoms with Crippen molar-refractivity contribution < 1.29 is 23.4 Å². The number of amides is 1. The van der Waals surface area contributed by atoms with Crippen LogP contribution in [0.15, 0.2) is 76.4 Å². The molecule has 0 aliphatic carbocycles. The summed E-state index contributed by atoms with van der Waals surface area (Å²) in [5.74, 6) is 2.54. The van der Waals surface area contributed by atoms with Crippen LogP contribution in [0.5, 0.6) is 17.2 Å². The summed E-state index contributed by atoms with van der Waals surface area (Å²) < 4.78 is 21.9. The van der Waals surface area contributed by atoms with Crippen molar-refractivity contribution in [3.63, 3.8) is 0 Å². The SMILES string of the molecule is CCOc1ccc(OCC(=O)N2N=C(c3ccc(OC)cc3)C[C@@H]2c2ccco2)cc1. The second-order valence-corrected chi connectivity index (χ2v) is 6.94. The average Bonchev–Trinajstić information content (AvgIpc) is 3.49. The Morgan fingerprint density at radius 2 is 1.71 bits per heavy atom. The highest BCUT2D eigenvalue weighted by atomic mass is 16.5. The highest BCUT2D eigenvalue weighted by molar-refractivity contribution is 6.03. The molecule has 7 nitrogen and oxygen atoms in total. The van der Waals surface area contributed by atoms with E-state index in [4.69, 9.17) is 18.6 Å². The molecule has 4 rings (SSSR count). The van der Waals surface area contributed by atoms with Crippen molar-refractivity contribution in [3.8, 4) is 17.2 Å². The van der Waals surface area contributed by atoms with Crippen LogP contribution in [0.4, 0.5) is 0 Å². The lowest BCUT2D eigenvalue weighted by atomic mass is 10.0. The maximum Gasteiger partial charge on any atom is 0.281 e. The summed E-state index contributed by atoms with van der Waals surface area (Å²) in [6.45, 7) is 2.39. The number of hydrogen-bond donors (Lipinski definition) is 0.